The first-order valence-electron chi connectivity index (χ1n) is 5.16. The van der Waals surface area contributed by atoms with E-state index in [1.807, 2.05) is 0 Å². The first-order valence-corrected chi connectivity index (χ1v) is 6.70. The van der Waals surface area contributed by atoms with Gasteiger partial charge in [0.2, 0.25) is 10.0 Å². The molecule has 1 saturated carbocycles. The van der Waals surface area contributed by atoms with Gasteiger partial charge in [-0.2, -0.15) is 5.26 Å². The minimum Gasteiger partial charge on any atom is -0.329 e. The fourth-order valence-corrected chi connectivity index (χ4v) is 2.96. The molecule has 0 saturated heterocycles. The van der Waals surface area contributed by atoms with Crippen molar-refractivity contribution >= 4 is 10.0 Å². The number of hydrogen-bond donors (Lipinski definition) is 2. The van der Waals surface area contributed by atoms with Crippen molar-refractivity contribution in [2.24, 2.45) is 11.7 Å². The van der Waals surface area contributed by atoms with E-state index < -0.39 is 15.3 Å². The van der Waals surface area contributed by atoms with Gasteiger partial charge in [0, 0.05) is 12.6 Å². The fraction of sp³-hybridized carbons (Fsp3) is 0.889. The van der Waals surface area contributed by atoms with Crippen LogP contribution in [0.4, 0.5) is 0 Å². The Morgan fingerprint density at radius 2 is 2.20 bits per heavy atom. The molecule has 0 radical (unpaired) electrons. The van der Waals surface area contributed by atoms with Crippen molar-refractivity contribution < 1.29 is 8.42 Å². The summed E-state index contributed by atoms with van der Waals surface area (Å²) in [5.41, 5.74) is 5.49. The van der Waals surface area contributed by atoms with Gasteiger partial charge in [0.05, 0.1) is 6.07 Å². The lowest BCUT2D eigenvalue weighted by Gasteiger charge is -2.17. The zero-order chi connectivity index (χ0) is 11.5. The molecule has 2 unspecified atom stereocenters. The molecule has 0 aromatic carbocycles. The van der Waals surface area contributed by atoms with Crippen LogP contribution in [0.25, 0.3) is 0 Å². The van der Waals surface area contributed by atoms with Gasteiger partial charge in [-0.05, 0) is 25.2 Å². The number of nitrogens with one attached hydrogen (secondary N) is 1. The van der Waals surface area contributed by atoms with Crippen LogP contribution in [0, 0.1) is 17.2 Å². The molecule has 5 nitrogen and oxygen atoms in total. The van der Waals surface area contributed by atoms with Crippen LogP contribution in [-0.4, -0.2) is 26.3 Å². The molecule has 15 heavy (non-hydrogen) atoms. The zero-order valence-electron chi connectivity index (χ0n) is 8.81. The SMILES string of the molecule is CCC(C#N)S(=O)(=O)NC(CN)C1CC1. The standard InChI is InChI=1S/C9H17N3O2S/c1-2-8(5-10)15(13,14)12-9(6-11)7-3-4-7/h7-9,12H,2-4,6,11H2,1H3. The summed E-state index contributed by atoms with van der Waals surface area (Å²) in [5.74, 6) is 0.362. The Hall–Kier alpha value is -0.640. The Morgan fingerprint density at radius 1 is 1.60 bits per heavy atom. The maximum Gasteiger partial charge on any atom is 0.228 e. The van der Waals surface area contributed by atoms with E-state index in [1.54, 1.807) is 13.0 Å². The minimum atomic E-state index is -3.53. The summed E-state index contributed by atoms with van der Waals surface area (Å²) >= 11 is 0. The second-order valence-electron chi connectivity index (χ2n) is 3.87. The van der Waals surface area contributed by atoms with Crippen molar-refractivity contribution in [3.8, 4) is 6.07 Å². The van der Waals surface area contributed by atoms with Gasteiger partial charge in [-0.1, -0.05) is 6.92 Å². The molecule has 1 rings (SSSR count). The van der Waals surface area contributed by atoms with Crippen LogP contribution in [-0.2, 0) is 10.0 Å². The van der Waals surface area contributed by atoms with E-state index in [0.717, 1.165) is 12.8 Å². The highest BCUT2D eigenvalue weighted by molar-refractivity contribution is 7.90. The van der Waals surface area contributed by atoms with E-state index >= 15 is 0 Å². The second kappa shape index (κ2) is 4.92. The van der Waals surface area contributed by atoms with Crippen LogP contribution >= 0.6 is 0 Å². The van der Waals surface area contributed by atoms with Gasteiger partial charge < -0.3 is 5.73 Å². The predicted octanol–water partition coefficient (Wildman–Crippen LogP) is -0.0547. The molecule has 0 aromatic rings. The van der Waals surface area contributed by atoms with Crippen LogP contribution in [0.2, 0.25) is 0 Å². The maximum atomic E-state index is 11.7. The highest BCUT2D eigenvalue weighted by Gasteiger charge is 2.35. The molecular formula is C9H17N3O2S. The molecule has 1 aliphatic carbocycles. The van der Waals surface area contributed by atoms with Crippen LogP contribution in [0.15, 0.2) is 0 Å². The molecule has 0 aliphatic heterocycles. The quantitative estimate of drug-likeness (QED) is 0.669. The van der Waals surface area contributed by atoms with Gasteiger partial charge in [0.1, 0.15) is 0 Å². The Bertz CT molecular complexity index is 343. The van der Waals surface area contributed by atoms with Gasteiger partial charge in [-0.15, -0.1) is 0 Å². The van der Waals surface area contributed by atoms with Crippen LogP contribution in [0.3, 0.4) is 0 Å². The summed E-state index contributed by atoms with van der Waals surface area (Å²) in [6.07, 6.45) is 2.34. The van der Waals surface area contributed by atoms with Gasteiger partial charge in [-0.25, -0.2) is 13.1 Å². The fourth-order valence-electron chi connectivity index (χ4n) is 1.51. The Labute approximate surface area is 90.7 Å². The average molecular weight is 231 g/mol. The third-order valence-electron chi connectivity index (χ3n) is 2.65. The second-order valence-corrected chi connectivity index (χ2v) is 5.76. The molecule has 0 heterocycles. The molecule has 3 N–H and O–H groups in total. The first-order chi connectivity index (χ1) is 7.05. The number of nitrogens with zero attached hydrogens (tertiary/aromatic N) is 1. The van der Waals surface area contributed by atoms with Crippen molar-refractivity contribution in [2.75, 3.05) is 6.54 Å². The smallest absolute Gasteiger partial charge is 0.228 e. The lowest BCUT2D eigenvalue weighted by molar-refractivity contribution is 0.514. The maximum absolute atomic E-state index is 11.7. The van der Waals surface area contributed by atoms with Gasteiger partial charge in [0.15, 0.2) is 5.25 Å². The van der Waals surface area contributed by atoms with Crippen LogP contribution < -0.4 is 10.5 Å². The average Bonchev–Trinajstić information content (AvgIpc) is 2.99. The summed E-state index contributed by atoms with van der Waals surface area (Å²) in [7, 11) is -3.53. The first kappa shape index (κ1) is 12.4. The molecule has 2 atom stereocenters. The van der Waals surface area contributed by atoms with Crippen LogP contribution in [0.5, 0.6) is 0 Å². The Kier molecular flexibility index (Phi) is 4.08. The van der Waals surface area contributed by atoms with E-state index in [9.17, 15) is 8.42 Å². The van der Waals surface area contributed by atoms with Crippen molar-refractivity contribution in [1.82, 2.24) is 4.72 Å². The van der Waals surface area contributed by atoms with Crippen LogP contribution in [0.1, 0.15) is 26.2 Å². The molecule has 0 spiro atoms. The Balaban J connectivity index is 2.65. The normalized spacial score (nSPS) is 20.6. The van der Waals surface area contributed by atoms with E-state index in [2.05, 4.69) is 4.72 Å². The molecular weight excluding hydrogens is 214 g/mol. The van der Waals surface area contributed by atoms with Gasteiger partial charge in [0.25, 0.3) is 0 Å². The van der Waals surface area contributed by atoms with Crippen molar-refractivity contribution in [3.63, 3.8) is 0 Å². The van der Waals surface area contributed by atoms with Crippen molar-refractivity contribution in [2.45, 2.75) is 37.5 Å². The third kappa shape index (κ3) is 3.16. The molecule has 86 valence electrons. The summed E-state index contributed by atoms with van der Waals surface area (Å²) in [6.45, 7) is 1.98. The predicted molar refractivity (Wildman–Crippen MR) is 57.3 cm³/mol. The minimum absolute atomic E-state index is 0.197. The summed E-state index contributed by atoms with van der Waals surface area (Å²) in [5, 5.41) is 7.73. The lowest BCUT2D eigenvalue weighted by Crippen LogP contribution is -2.45. The number of hydrogen-bond acceptors (Lipinski definition) is 4. The molecule has 0 amide bonds. The number of nitrogens with two attached hydrogens (primary N) is 1. The molecule has 1 aliphatic rings. The number of rotatable bonds is 6. The van der Waals surface area contributed by atoms with E-state index in [1.165, 1.54) is 0 Å². The Morgan fingerprint density at radius 3 is 2.53 bits per heavy atom. The highest BCUT2D eigenvalue weighted by atomic mass is 32.2. The van der Waals surface area contributed by atoms with E-state index in [4.69, 9.17) is 11.0 Å². The highest BCUT2D eigenvalue weighted by Crippen LogP contribution is 2.32. The molecule has 0 aromatic heterocycles. The largest absolute Gasteiger partial charge is 0.329 e. The summed E-state index contributed by atoms with van der Waals surface area (Å²) in [4.78, 5) is 0. The molecule has 0 bridgehead atoms. The van der Waals surface area contributed by atoms with E-state index in [-0.39, 0.29) is 6.04 Å². The monoisotopic (exact) mass is 231 g/mol. The van der Waals surface area contributed by atoms with Gasteiger partial charge >= 0.3 is 0 Å². The lowest BCUT2D eigenvalue weighted by atomic mass is 10.2. The summed E-state index contributed by atoms with van der Waals surface area (Å²) in [6, 6.07) is 1.59. The zero-order valence-corrected chi connectivity index (χ0v) is 9.63. The van der Waals surface area contributed by atoms with E-state index in [0.29, 0.717) is 18.9 Å². The number of sulfonamides is 1. The number of nitriles is 1. The van der Waals surface area contributed by atoms with Crippen molar-refractivity contribution in [3.05, 3.63) is 0 Å². The molecule has 6 heteroatoms. The van der Waals surface area contributed by atoms with Gasteiger partial charge in [-0.3, -0.25) is 0 Å². The van der Waals surface area contributed by atoms with Crippen molar-refractivity contribution in [1.29, 1.82) is 5.26 Å². The third-order valence-corrected chi connectivity index (χ3v) is 4.47. The topological polar surface area (TPSA) is 96.0 Å². The molecule has 1 fully saturated rings. The summed E-state index contributed by atoms with van der Waals surface area (Å²) < 4.78 is 25.9.